The zero-order valence-corrected chi connectivity index (χ0v) is 24.3. The Balaban J connectivity index is 1.21. The summed E-state index contributed by atoms with van der Waals surface area (Å²) >= 11 is 0. The number of nitrogens with one attached hydrogen (secondary N) is 1. The van der Waals surface area contributed by atoms with Crippen LogP contribution in [0.5, 0.6) is 0 Å². The lowest BCUT2D eigenvalue weighted by Crippen LogP contribution is -2.46. The fraction of sp³-hybridized carbons (Fsp3) is 0.515. The summed E-state index contributed by atoms with van der Waals surface area (Å²) in [4.78, 5) is 14.4. The van der Waals surface area contributed by atoms with E-state index in [4.69, 9.17) is 0 Å². The number of halogens is 2. The molecule has 4 atom stereocenters. The van der Waals surface area contributed by atoms with Crippen LogP contribution in [0.15, 0.2) is 54.6 Å². The number of carbonyl (C=O) groups is 1. The standard InChI is InChI=1S/C33H42F2N4O2/c1-21(2)32(33(40)41)36-26-17-25(28(18-26)23-7-5-4-6-8-23)20-39-13-11-24(12-14-39)31-19-27(37-38(31)3)15-22-9-10-29(34)30(35)16-22/h4-10,16,19,21,24-26,28,32,36H,11-15,17-18,20H2,1-3H3,(H,40,41). The summed E-state index contributed by atoms with van der Waals surface area (Å²) in [5.41, 5.74) is 4.12. The third kappa shape index (κ3) is 7.04. The summed E-state index contributed by atoms with van der Waals surface area (Å²) in [6.45, 7) is 6.95. The Hall–Kier alpha value is -3.10. The van der Waals surface area contributed by atoms with Gasteiger partial charge in [-0.3, -0.25) is 9.48 Å². The molecule has 1 aromatic heterocycles. The number of aryl methyl sites for hydroxylation is 1. The second kappa shape index (κ2) is 12.8. The zero-order valence-electron chi connectivity index (χ0n) is 24.3. The van der Waals surface area contributed by atoms with Crippen molar-refractivity contribution in [2.24, 2.45) is 18.9 Å². The number of likely N-dealkylation sites (tertiary alicyclic amines) is 1. The van der Waals surface area contributed by atoms with Crippen LogP contribution in [-0.4, -0.2) is 57.5 Å². The number of nitrogens with zero attached hydrogens (tertiary/aromatic N) is 3. The van der Waals surface area contributed by atoms with E-state index in [2.05, 4.69) is 51.7 Å². The molecular weight excluding hydrogens is 522 g/mol. The molecular formula is C33H42F2N4O2. The highest BCUT2D eigenvalue weighted by Crippen LogP contribution is 2.41. The van der Waals surface area contributed by atoms with Crippen molar-refractivity contribution in [3.8, 4) is 0 Å². The van der Waals surface area contributed by atoms with Gasteiger partial charge in [0.05, 0.1) is 5.69 Å². The summed E-state index contributed by atoms with van der Waals surface area (Å²) < 4.78 is 28.9. The Morgan fingerprint density at radius 1 is 1.05 bits per heavy atom. The first-order valence-electron chi connectivity index (χ1n) is 14.9. The highest BCUT2D eigenvalue weighted by Gasteiger charge is 2.38. The number of carboxylic acid groups (broad SMARTS) is 1. The van der Waals surface area contributed by atoms with Crippen LogP contribution in [0.25, 0.3) is 0 Å². The minimum absolute atomic E-state index is 0.0325. The van der Waals surface area contributed by atoms with E-state index in [1.165, 1.54) is 23.4 Å². The number of rotatable bonds is 10. The third-order valence-electron chi connectivity index (χ3n) is 9.10. The van der Waals surface area contributed by atoms with E-state index in [0.717, 1.165) is 51.0 Å². The topological polar surface area (TPSA) is 70.4 Å². The molecule has 1 saturated heterocycles. The third-order valence-corrected chi connectivity index (χ3v) is 9.10. The Kier molecular flexibility index (Phi) is 9.19. The fourth-order valence-electron chi connectivity index (χ4n) is 6.99. The SMILES string of the molecule is CC(C)C(NC1CC(CN2CCC(c3cc(Cc4ccc(F)c(F)c4)nn3C)CC2)C(c2ccccc2)C1)C(=O)O. The summed E-state index contributed by atoms with van der Waals surface area (Å²) in [6, 6.07) is 16.5. The molecule has 2 aliphatic rings. The van der Waals surface area contributed by atoms with E-state index >= 15 is 0 Å². The number of benzene rings is 2. The van der Waals surface area contributed by atoms with E-state index in [-0.39, 0.29) is 12.0 Å². The lowest BCUT2D eigenvalue weighted by Gasteiger charge is -2.35. The second-order valence-corrected chi connectivity index (χ2v) is 12.4. The van der Waals surface area contributed by atoms with Gasteiger partial charge in [-0.25, -0.2) is 8.78 Å². The van der Waals surface area contributed by atoms with E-state index in [0.29, 0.717) is 29.7 Å². The molecule has 2 fully saturated rings. The first-order valence-corrected chi connectivity index (χ1v) is 14.9. The Labute approximate surface area is 241 Å². The van der Waals surface area contributed by atoms with Crippen molar-refractivity contribution in [1.29, 1.82) is 0 Å². The molecule has 1 aliphatic carbocycles. The van der Waals surface area contributed by atoms with Gasteiger partial charge in [-0.1, -0.05) is 50.2 Å². The maximum Gasteiger partial charge on any atom is 0.320 e. The molecule has 0 radical (unpaired) electrons. The number of aliphatic carboxylic acids is 1. The molecule has 0 amide bonds. The molecule has 8 heteroatoms. The molecule has 1 aliphatic heterocycles. The predicted molar refractivity (Wildman–Crippen MR) is 156 cm³/mol. The lowest BCUT2D eigenvalue weighted by atomic mass is 9.87. The van der Waals surface area contributed by atoms with E-state index in [1.54, 1.807) is 6.07 Å². The van der Waals surface area contributed by atoms with Gasteiger partial charge in [0.25, 0.3) is 0 Å². The number of hydrogen-bond acceptors (Lipinski definition) is 4. The fourth-order valence-corrected chi connectivity index (χ4v) is 6.99. The van der Waals surface area contributed by atoms with Gasteiger partial charge in [-0.15, -0.1) is 0 Å². The molecule has 3 aromatic rings. The molecule has 41 heavy (non-hydrogen) atoms. The number of aromatic nitrogens is 2. The first-order chi connectivity index (χ1) is 19.7. The van der Waals surface area contributed by atoms with Crippen molar-refractivity contribution < 1.29 is 18.7 Å². The van der Waals surface area contributed by atoms with Crippen LogP contribution < -0.4 is 5.32 Å². The Morgan fingerprint density at radius 3 is 2.44 bits per heavy atom. The lowest BCUT2D eigenvalue weighted by molar-refractivity contribution is -0.140. The highest BCUT2D eigenvalue weighted by molar-refractivity contribution is 5.73. The van der Waals surface area contributed by atoms with Gasteiger partial charge in [-0.05, 0) is 85.9 Å². The van der Waals surface area contributed by atoms with Crippen molar-refractivity contribution >= 4 is 5.97 Å². The van der Waals surface area contributed by atoms with Crippen molar-refractivity contribution in [3.05, 3.63) is 88.7 Å². The van der Waals surface area contributed by atoms with Crippen molar-refractivity contribution in [3.63, 3.8) is 0 Å². The minimum atomic E-state index is -0.832. The number of hydrogen-bond donors (Lipinski definition) is 2. The van der Waals surface area contributed by atoms with Crippen molar-refractivity contribution in [2.75, 3.05) is 19.6 Å². The summed E-state index contributed by atoms with van der Waals surface area (Å²) in [5, 5.41) is 17.9. The van der Waals surface area contributed by atoms with Crippen LogP contribution in [0.1, 0.15) is 73.9 Å². The van der Waals surface area contributed by atoms with Gasteiger partial charge < -0.3 is 15.3 Å². The quantitative estimate of drug-likeness (QED) is 0.329. The van der Waals surface area contributed by atoms with Crippen LogP contribution >= 0.6 is 0 Å². The van der Waals surface area contributed by atoms with Crippen LogP contribution in [-0.2, 0) is 18.3 Å². The Bertz CT molecular complexity index is 1320. The van der Waals surface area contributed by atoms with Crippen molar-refractivity contribution in [1.82, 2.24) is 20.0 Å². The molecule has 1 saturated carbocycles. The predicted octanol–water partition coefficient (Wildman–Crippen LogP) is 5.73. The smallest absolute Gasteiger partial charge is 0.320 e. The molecule has 2 heterocycles. The van der Waals surface area contributed by atoms with Gasteiger partial charge in [0.2, 0.25) is 0 Å². The average molecular weight is 565 g/mol. The molecule has 6 nitrogen and oxygen atoms in total. The molecule has 0 spiro atoms. The first kappa shape index (κ1) is 29.4. The minimum Gasteiger partial charge on any atom is -0.480 e. The van der Waals surface area contributed by atoms with Gasteiger partial charge in [-0.2, -0.15) is 5.10 Å². The zero-order chi connectivity index (χ0) is 29.1. The van der Waals surface area contributed by atoms with E-state index in [9.17, 15) is 18.7 Å². The summed E-state index contributed by atoms with van der Waals surface area (Å²) in [5.74, 6) is -1.12. The summed E-state index contributed by atoms with van der Waals surface area (Å²) in [7, 11) is 1.97. The molecule has 2 aromatic carbocycles. The van der Waals surface area contributed by atoms with Gasteiger partial charge >= 0.3 is 5.97 Å². The van der Waals surface area contributed by atoms with Gasteiger partial charge in [0, 0.05) is 37.7 Å². The molecule has 0 bridgehead atoms. The highest BCUT2D eigenvalue weighted by atomic mass is 19.2. The van der Waals surface area contributed by atoms with Crippen molar-refractivity contribution in [2.45, 2.75) is 69.9 Å². The maximum atomic E-state index is 13.7. The normalized spacial score (nSPS) is 22.8. The van der Waals surface area contributed by atoms with Crippen LogP contribution in [0.3, 0.4) is 0 Å². The van der Waals surface area contributed by atoms with E-state index in [1.807, 2.05) is 25.6 Å². The average Bonchev–Trinajstić information content (AvgIpc) is 3.52. The van der Waals surface area contributed by atoms with E-state index < -0.39 is 23.6 Å². The largest absolute Gasteiger partial charge is 0.480 e. The maximum absolute atomic E-state index is 13.7. The number of carboxylic acids is 1. The van der Waals surface area contributed by atoms with Gasteiger partial charge in [0.15, 0.2) is 11.6 Å². The molecule has 220 valence electrons. The molecule has 2 N–H and O–H groups in total. The van der Waals surface area contributed by atoms with Crippen LogP contribution in [0, 0.1) is 23.5 Å². The van der Waals surface area contributed by atoms with Crippen LogP contribution in [0.4, 0.5) is 8.78 Å². The second-order valence-electron chi connectivity index (χ2n) is 12.4. The molecule has 4 unspecified atom stereocenters. The summed E-state index contributed by atoms with van der Waals surface area (Å²) in [6.07, 6.45) is 4.50. The van der Waals surface area contributed by atoms with Gasteiger partial charge in [0.1, 0.15) is 6.04 Å². The molecule has 5 rings (SSSR count). The van der Waals surface area contributed by atoms with Crippen LogP contribution in [0.2, 0.25) is 0 Å². The monoisotopic (exact) mass is 564 g/mol. The Morgan fingerprint density at radius 2 is 1.78 bits per heavy atom. The number of piperidine rings is 1.